The Hall–Kier alpha value is -4.02. The molecule has 1 atom stereocenters. The highest BCUT2D eigenvalue weighted by molar-refractivity contribution is 9.10. The van der Waals surface area contributed by atoms with Crippen molar-refractivity contribution in [2.75, 3.05) is 17.9 Å². The van der Waals surface area contributed by atoms with Crippen molar-refractivity contribution in [1.82, 2.24) is 10.2 Å². The van der Waals surface area contributed by atoms with E-state index in [1.807, 2.05) is 48.5 Å². The Morgan fingerprint density at radius 1 is 0.854 bits per heavy atom. The van der Waals surface area contributed by atoms with Gasteiger partial charge in [0.05, 0.1) is 10.6 Å². The molecule has 0 saturated carbocycles. The number of hydrogen-bond acceptors (Lipinski definition) is 4. The molecule has 4 aromatic rings. The van der Waals surface area contributed by atoms with Gasteiger partial charge in [0.15, 0.2) is 0 Å². The fraction of sp³-hybridized carbons (Fsp3) is 0.161. The van der Waals surface area contributed by atoms with E-state index in [1.165, 1.54) is 42.3 Å². The van der Waals surface area contributed by atoms with Gasteiger partial charge >= 0.3 is 0 Å². The average molecular weight is 639 g/mol. The third-order valence-electron chi connectivity index (χ3n) is 6.49. The summed E-state index contributed by atoms with van der Waals surface area (Å²) >= 11 is 3.44. The van der Waals surface area contributed by atoms with Crippen molar-refractivity contribution >= 4 is 43.5 Å². The molecule has 0 aromatic heterocycles. The van der Waals surface area contributed by atoms with Crippen LogP contribution >= 0.6 is 15.9 Å². The molecule has 10 heteroatoms. The van der Waals surface area contributed by atoms with Gasteiger partial charge in [-0.1, -0.05) is 88.7 Å². The lowest BCUT2D eigenvalue weighted by atomic mass is 10.0. The maximum absolute atomic E-state index is 15.1. The van der Waals surface area contributed by atoms with Gasteiger partial charge in [0.2, 0.25) is 11.8 Å². The largest absolute Gasteiger partial charge is 0.357 e. The van der Waals surface area contributed by atoms with E-state index in [9.17, 15) is 18.0 Å². The van der Waals surface area contributed by atoms with Gasteiger partial charge in [-0.15, -0.1) is 0 Å². The van der Waals surface area contributed by atoms with E-state index < -0.39 is 40.2 Å². The predicted molar refractivity (Wildman–Crippen MR) is 160 cm³/mol. The van der Waals surface area contributed by atoms with E-state index in [-0.39, 0.29) is 23.5 Å². The predicted octanol–water partition coefficient (Wildman–Crippen LogP) is 5.17. The normalized spacial score (nSPS) is 11.9. The Labute approximate surface area is 247 Å². The van der Waals surface area contributed by atoms with Gasteiger partial charge < -0.3 is 10.2 Å². The van der Waals surface area contributed by atoms with Crippen LogP contribution in [0.2, 0.25) is 0 Å². The highest BCUT2D eigenvalue weighted by atomic mass is 79.9. The second kappa shape index (κ2) is 13.6. The molecule has 0 bridgehead atoms. The van der Waals surface area contributed by atoms with E-state index in [0.29, 0.717) is 0 Å². The Kier molecular flexibility index (Phi) is 9.91. The number of sulfonamides is 1. The first kappa shape index (κ1) is 30.0. The van der Waals surface area contributed by atoms with Crippen molar-refractivity contribution in [3.05, 3.63) is 131 Å². The van der Waals surface area contributed by atoms with Crippen LogP contribution in [-0.2, 0) is 32.6 Å². The first-order valence-electron chi connectivity index (χ1n) is 12.8. The van der Waals surface area contributed by atoms with Gasteiger partial charge in [0.25, 0.3) is 10.0 Å². The summed E-state index contributed by atoms with van der Waals surface area (Å²) in [6, 6.07) is 28.4. The zero-order chi connectivity index (χ0) is 29.4. The number of halogens is 2. The van der Waals surface area contributed by atoms with Gasteiger partial charge in [-0.25, -0.2) is 12.8 Å². The average Bonchev–Trinajstić information content (AvgIpc) is 2.98. The third-order valence-corrected chi connectivity index (χ3v) is 8.76. The molecular formula is C31H29BrFN3O4S. The molecule has 41 heavy (non-hydrogen) atoms. The van der Waals surface area contributed by atoms with Crippen molar-refractivity contribution < 1.29 is 22.4 Å². The molecule has 0 aliphatic rings. The van der Waals surface area contributed by atoms with Gasteiger partial charge in [-0.3, -0.25) is 13.9 Å². The highest BCUT2D eigenvalue weighted by Crippen LogP contribution is 2.27. The molecule has 0 fully saturated rings. The second-order valence-corrected chi connectivity index (χ2v) is 12.0. The summed E-state index contributed by atoms with van der Waals surface area (Å²) < 4.78 is 44.2. The van der Waals surface area contributed by atoms with Gasteiger partial charge in [-0.05, 0) is 47.5 Å². The standard InChI is InChI=1S/C31H29BrFN3O4S/c1-34-31(38)29(20-23-11-4-2-5-12-23)35(21-24-13-10-14-25(32)19-24)30(37)22-36(28-18-9-8-17-27(28)33)41(39,40)26-15-6-3-7-16-26/h2-19,29H,20-22H2,1H3,(H,34,38)/t29-/m1/s1. The molecule has 1 N–H and O–H groups in total. The highest BCUT2D eigenvalue weighted by Gasteiger charge is 2.35. The van der Waals surface area contributed by atoms with Crippen molar-refractivity contribution in [2.24, 2.45) is 0 Å². The molecule has 0 heterocycles. The fourth-order valence-electron chi connectivity index (χ4n) is 4.44. The van der Waals surface area contributed by atoms with Crippen LogP contribution in [0.5, 0.6) is 0 Å². The smallest absolute Gasteiger partial charge is 0.264 e. The quantitative estimate of drug-likeness (QED) is 0.246. The summed E-state index contributed by atoms with van der Waals surface area (Å²) in [5.74, 6) is -1.89. The van der Waals surface area contributed by atoms with Crippen LogP contribution in [0.3, 0.4) is 0 Å². The van der Waals surface area contributed by atoms with Crippen LogP contribution in [0, 0.1) is 5.82 Å². The molecule has 2 amide bonds. The van der Waals surface area contributed by atoms with Crippen molar-refractivity contribution in [1.29, 1.82) is 0 Å². The zero-order valence-corrected chi connectivity index (χ0v) is 24.7. The summed E-state index contributed by atoms with van der Waals surface area (Å²) in [7, 11) is -2.88. The number of nitrogens with one attached hydrogen (secondary N) is 1. The van der Waals surface area contributed by atoms with E-state index in [2.05, 4.69) is 21.2 Å². The van der Waals surface area contributed by atoms with Crippen LogP contribution < -0.4 is 9.62 Å². The Morgan fingerprint density at radius 2 is 1.46 bits per heavy atom. The van der Waals surface area contributed by atoms with Crippen LogP contribution in [-0.4, -0.2) is 44.8 Å². The topological polar surface area (TPSA) is 86.8 Å². The molecule has 0 aliphatic heterocycles. The molecule has 212 valence electrons. The van der Waals surface area contributed by atoms with Crippen LogP contribution in [0.1, 0.15) is 11.1 Å². The summed E-state index contributed by atoms with van der Waals surface area (Å²) in [6.07, 6.45) is 0.186. The van der Waals surface area contributed by atoms with Crippen LogP contribution in [0.15, 0.2) is 119 Å². The fourth-order valence-corrected chi connectivity index (χ4v) is 6.33. The molecule has 7 nitrogen and oxygen atoms in total. The summed E-state index contributed by atoms with van der Waals surface area (Å²) in [5, 5.41) is 2.63. The molecule has 0 saturated heterocycles. The number of carbonyl (C=O) groups excluding carboxylic acids is 2. The molecule has 0 aliphatic carbocycles. The van der Waals surface area contributed by atoms with E-state index in [4.69, 9.17) is 0 Å². The van der Waals surface area contributed by atoms with Crippen molar-refractivity contribution in [2.45, 2.75) is 23.9 Å². The lowest BCUT2D eigenvalue weighted by Crippen LogP contribution is -2.53. The van der Waals surface area contributed by atoms with E-state index in [0.717, 1.165) is 26.0 Å². The number of nitrogens with zero attached hydrogens (tertiary/aromatic N) is 2. The lowest BCUT2D eigenvalue weighted by molar-refractivity contribution is -0.139. The Balaban J connectivity index is 1.79. The molecular weight excluding hydrogens is 609 g/mol. The molecule has 4 aromatic carbocycles. The monoisotopic (exact) mass is 637 g/mol. The summed E-state index contributed by atoms with van der Waals surface area (Å²) in [5.41, 5.74) is 1.26. The van der Waals surface area contributed by atoms with Gasteiger partial charge in [-0.2, -0.15) is 0 Å². The van der Waals surface area contributed by atoms with Crippen LogP contribution in [0.25, 0.3) is 0 Å². The summed E-state index contributed by atoms with van der Waals surface area (Å²) in [6.45, 7) is -0.714. The maximum Gasteiger partial charge on any atom is 0.264 e. The molecule has 0 radical (unpaired) electrons. The van der Waals surface area contributed by atoms with Gasteiger partial charge in [0, 0.05) is 24.5 Å². The Morgan fingerprint density at radius 3 is 2.10 bits per heavy atom. The number of para-hydroxylation sites is 1. The minimum atomic E-state index is -4.36. The van der Waals surface area contributed by atoms with Crippen molar-refractivity contribution in [3.8, 4) is 0 Å². The minimum Gasteiger partial charge on any atom is -0.357 e. The van der Waals surface area contributed by atoms with E-state index >= 15 is 4.39 Å². The van der Waals surface area contributed by atoms with Crippen molar-refractivity contribution in [3.63, 3.8) is 0 Å². The first-order valence-corrected chi connectivity index (χ1v) is 15.1. The number of carbonyl (C=O) groups is 2. The number of likely N-dealkylation sites (N-methyl/N-ethyl adjacent to an activating group) is 1. The SMILES string of the molecule is CNC(=O)[C@@H](Cc1ccccc1)N(Cc1cccc(Br)c1)C(=O)CN(c1ccccc1F)S(=O)(=O)c1ccccc1. The first-order chi connectivity index (χ1) is 19.7. The third kappa shape index (κ3) is 7.39. The second-order valence-electron chi connectivity index (χ2n) is 9.25. The molecule has 0 spiro atoms. The minimum absolute atomic E-state index is 0.0136. The number of hydrogen-bond donors (Lipinski definition) is 1. The van der Waals surface area contributed by atoms with Gasteiger partial charge in [0.1, 0.15) is 18.4 Å². The lowest BCUT2D eigenvalue weighted by Gasteiger charge is -2.33. The molecule has 0 unspecified atom stereocenters. The number of rotatable bonds is 11. The summed E-state index contributed by atoms with van der Waals surface area (Å²) in [4.78, 5) is 28.7. The number of amides is 2. The van der Waals surface area contributed by atoms with E-state index in [1.54, 1.807) is 24.3 Å². The number of anilines is 1. The Bertz CT molecular complexity index is 1600. The number of benzene rings is 4. The zero-order valence-electron chi connectivity index (χ0n) is 22.3. The maximum atomic E-state index is 15.1. The molecule has 4 rings (SSSR count). The van der Waals surface area contributed by atoms with Crippen LogP contribution in [0.4, 0.5) is 10.1 Å².